The first-order chi connectivity index (χ1) is 10.8. The van der Waals surface area contributed by atoms with Crippen molar-refractivity contribution in [2.75, 3.05) is 0 Å². The smallest absolute Gasteiger partial charge is 0.150 e. The van der Waals surface area contributed by atoms with Gasteiger partial charge in [-0.05, 0) is 18.1 Å². The van der Waals surface area contributed by atoms with Crippen molar-refractivity contribution in [1.29, 1.82) is 0 Å². The lowest BCUT2D eigenvalue weighted by atomic mass is 10.1. The maximum Gasteiger partial charge on any atom is 0.150 e. The zero-order chi connectivity index (χ0) is 15.4. The van der Waals surface area contributed by atoms with Crippen LogP contribution in [-0.2, 0) is 6.42 Å². The van der Waals surface area contributed by atoms with Crippen LogP contribution in [0.3, 0.4) is 0 Å². The number of carbonyl (C=O) groups excluding carboxylic acids is 1. The van der Waals surface area contributed by atoms with E-state index in [1.807, 2.05) is 24.5 Å². The van der Waals surface area contributed by atoms with E-state index in [-0.39, 0.29) is 0 Å². The number of aryl methyl sites for hydroxylation is 1. The van der Waals surface area contributed by atoms with Crippen molar-refractivity contribution in [1.82, 2.24) is 9.97 Å². The van der Waals surface area contributed by atoms with E-state index in [2.05, 4.69) is 29.0 Å². The minimum Gasteiger partial charge on any atom is -0.298 e. The van der Waals surface area contributed by atoms with Crippen molar-refractivity contribution in [3.05, 3.63) is 59.9 Å². The topological polar surface area (TPSA) is 42.9 Å². The minimum absolute atomic E-state index is 0.675. The van der Waals surface area contributed by atoms with Gasteiger partial charge in [0.2, 0.25) is 0 Å². The van der Waals surface area contributed by atoms with Gasteiger partial charge >= 0.3 is 0 Å². The molecule has 0 saturated carbocycles. The summed E-state index contributed by atoms with van der Waals surface area (Å²) >= 11 is 1.61. The Hall–Kier alpha value is -2.33. The fourth-order valence-electron chi connectivity index (χ4n) is 2.24. The maximum absolute atomic E-state index is 10.7. The molecule has 0 aliphatic carbocycles. The predicted molar refractivity (Wildman–Crippen MR) is 90.2 cm³/mol. The summed E-state index contributed by atoms with van der Waals surface area (Å²) in [4.78, 5) is 20.7. The summed E-state index contributed by atoms with van der Waals surface area (Å²) in [5.74, 6) is 0. The number of nitrogens with zero attached hydrogens (tertiary/aromatic N) is 2. The van der Waals surface area contributed by atoms with Crippen LogP contribution in [0.25, 0.3) is 21.1 Å². The molecule has 0 bridgehead atoms. The molecule has 4 heteroatoms. The monoisotopic (exact) mass is 308 g/mol. The number of hydrogen-bond acceptors (Lipinski definition) is 4. The van der Waals surface area contributed by atoms with Gasteiger partial charge in [0.1, 0.15) is 11.3 Å². The third-order valence-corrected chi connectivity index (χ3v) is 4.48. The van der Waals surface area contributed by atoms with Crippen LogP contribution in [0.4, 0.5) is 0 Å². The molecule has 0 spiro atoms. The second kappa shape index (κ2) is 6.62. The van der Waals surface area contributed by atoms with Gasteiger partial charge in [-0.15, -0.1) is 11.3 Å². The summed E-state index contributed by atoms with van der Waals surface area (Å²) in [6.45, 7) is 2.17. The van der Waals surface area contributed by atoms with Crippen LogP contribution in [0.2, 0.25) is 0 Å². The van der Waals surface area contributed by atoms with Crippen LogP contribution in [-0.4, -0.2) is 16.3 Å². The second-order valence-corrected chi connectivity index (χ2v) is 6.10. The minimum atomic E-state index is 0.675. The Kier molecular flexibility index (Phi) is 4.39. The number of benzene rings is 1. The average molecular weight is 308 g/mol. The first-order valence-electron chi connectivity index (χ1n) is 7.27. The molecule has 3 nitrogen and oxygen atoms in total. The van der Waals surface area contributed by atoms with Crippen molar-refractivity contribution in [2.45, 2.75) is 19.8 Å². The average Bonchev–Trinajstić information content (AvgIpc) is 3.06. The third kappa shape index (κ3) is 3.12. The summed E-state index contributed by atoms with van der Waals surface area (Å²) < 4.78 is 0. The number of pyridine rings is 1. The lowest BCUT2D eigenvalue weighted by Gasteiger charge is -1.99. The fraction of sp³-hybridized carbons (Fsp3) is 0.167. The molecule has 0 saturated heterocycles. The van der Waals surface area contributed by atoms with Crippen molar-refractivity contribution >= 4 is 17.6 Å². The van der Waals surface area contributed by atoms with Gasteiger partial charge in [0.05, 0.1) is 10.6 Å². The van der Waals surface area contributed by atoms with Crippen LogP contribution < -0.4 is 0 Å². The van der Waals surface area contributed by atoms with E-state index in [9.17, 15) is 4.79 Å². The number of thiazole rings is 1. The van der Waals surface area contributed by atoms with Gasteiger partial charge in [0.25, 0.3) is 0 Å². The highest BCUT2D eigenvalue weighted by Gasteiger charge is 2.08. The predicted octanol–water partition coefficient (Wildman–Crippen LogP) is 4.64. The first-order valence-corrected chi connectivity index (χ1v) is 8.08. The largest absolute Gasteiger partial charge is 0.298 e. The molecule has 0 aliphatic heterocycles. The second-order valence-electron chi connectivity index (χ2n) is 5.07. The van der Waals surface area contributed by atoms with Crippen LogP contribution in [0, 0.1) is 0 Å². The van der Waals surface area contributed by atoms with Gasteiger partial charge in [-0.25, -0.2) is 4.98 Å². The van der Waals surface area contributed by atoms with Gasteiger partial charge in [-0.3, -0.25) is 9.78 Å². The number of carbonyl (C=O) groups is 1. The molecule has 2 aromatic heterocycles. The van der Waals surface area contributed by atoms with Gasteiger partial charge in [-0.1, -0.05) is 43.7 Å². The summed E-state index contributed by atoms with van der Waals surface area (Å²) in [6.07, 6.45) is 6.83. The van der Waals surface area contributed by atoms with E-state index in [0.29, 0.717) is 5.56 Å². The molecule has 0 atom stereocenters. The van der Waals surface area contributed by atoms with Gasteiger partial charge < -0.3 is 0 Å². The Labute approximate surface area is 133 Å². The molecular weight excluding hydrogens is 292 g/mol. The van der Waals surface area contributed by atoms with E-state index in [1.54, 1.807) is 23.5 Å². The zero-order valence-corrected chi connectivity index (χ0v) is 13.1. The molecule has 3 rings (SSSR count). The Morgan fingerprint density at radius 1 is 1.05 bits per heavy atom. The normalized spacial score (nSPS) is 10.6. The summed E-state index contributed by atoms with van der Waals surface area (Å²) in [7, 11) is 0. The van der Waals surface area contributed by atoms with Gasteiger partial charge in [0, 0.05) is 23.5 Å². The lowest BCUT2D eigenvalue weighted by Crippen LogP contribution is -1.86. The standard InChI is InChI=1S/C18H16N2OS/c1-2-3-13-6-9-16(19-10-13)17-11-20-18(22-17)15-7-4-14(12-21)5-8-15/h4-12H,2-3H2,1H3. The van der Waals surface area contributed by atoms with Crippen LogP contribution in [0.15, 0.2) is 48.8 Å². The van der Waals surface area contributed by atoms with E-state index in [1.165, 1.54) is 5.56 Å². The van der Waals surface area contributed by atoms with Crippen LogP contribution >= 0.6 is 11.3 Å². The van der Waals surface area contributed by atoms with Crippen molar-refractivity contribution in [2.24, 2.45) is 0 Å². The Morgan fingerprint density at radius 2 is 1.86 bits per heavy atom. The lowest BCUT2D eigenvalue weighted by molar-refractivity contribution is 0.112. The highest BCUT2D eigenvalue weighted by Crippen LogP contribution is 2.31. The van der Waals surface area contributed by atoms with Crippen molar-refractivity contribution in [3.8, 4) is 21.1 Å². The van der Waals surface area contributed by atoms with E-state index in [0.717, 1.165) is 40.3 Å². The Balaban J connectivity index is 1.84. The summed E-state index contributed by atoms with van der Waals surface area (Å²) in [6, 6.07) is 11.6. The molecular formula is C18H16N2OS. The maximum atomic E-state index is 10.7. The fourth-order valence-corrected chi connectivity index (χ4v) is 3.14. The molecule has 0 N–H and O–H groups in total. The van der Waals surface area contributed by atoms with E-state index < -0.39 is 0 Å². The molecule has 3 aromatic rings. The number of aldehydes is 1. The number of hydrogen-bond donors (Lipinski definition) is 0. The Morgan fingerprint density at radius 3 is 2.50 bits per heavy atom. The molecule has 0 fully saturated rings. The van der Waals surface area contributed by atoms with E-state index in [4.69, 9.17) is 0 Å². The number of rotatable bonds is 5. The van der Waals surface area contributed by atoms with Crippen LogP contribution in [0.1, 0.15) is 29.3 Å². The first kappa shape index (κ1) is 14.6. The Bertz CT molecular complexity index is 761. The van der Waals surface area contributed by atoms with E-state index >= 15 is 0 Å². The highest BCUT2D eigenvalue weighted by molar-refractivity contribution is 7.18. The van der Waals surface area contributed by atoms with Crippen molar-refractivity contribution in [3.63, 3.8) is 0 Å². The molecule has 1 aromatic carbocycles. The molecule has 0 amide bonds. The van der Waals surface area contributed by atoms with Gasteiger partial charge in [0.15, 0.2) is 0 Å². The zero-order valence-electron chi connectivity index (χ0n) is 12.3. The van der Waals surface area contributed by atoms with Crippen LogP contribution in [0.5, 0.6) is 0 Å². The third-order valence-electron chi connectivity index (χ3n) is 3.42. The number of aromatic nitrogens is 2. The molecule has 0 radical (unpaired) electrons. The highest BCUT2D eigenvalue weighted by atomic mass is 32.1. The quantitative estimate of drug-likeness (QED) is 0.645. The summed E-state index contributed by atoms with van der Waals surface area (Å²) in [5.41, 5.74) is 3.91. The molecule has 0 unspecified atom stereocenters. The molecule has 0 aliphatic rings. The van der Waals surface area contributed by atoms with Crippen molar-refractivity contribution < 1.29 is 4.79 Å². The SMILES string of the molecule is CCCc1ccc(-c2cnc(-c3ccc(C=O)cc3)s2)nc1. The molecule has 2 heterocycles. The molecule has 110 valence electrons. The molecule has 22 heavy (non-hydrogen) atoms. The summed E-state index contributed by atoms with van der Waals surface area (Å²) in [5, 5.41) is 0.937. The van der Waals surface area contributed by atoms with Gasteiger partial charge in [-0.2, -0.15) is 0 Å².